The lowest BCUT2D eigenvalue weighted by Gasteiger charge is -2.39. The number of fused-ring (bicyclic) bond motifs is 3. The van der Waals surface area contributed by atoms with E-state index < -0.39 is 16.1 Å². The Labute approximate surface area is 170 Å². The van der Waals surface area contributed by atoms with E-state index in [9.17, 15) is 8.42 Å². The molecule has 0 aromatic heterocycles. The normalized spacial score (nSPS) is 15.4. The summed E-state index contributed by atoms with van der Waals surface area (Å²) in [6, 6.07) is 33.8. The second kappa shape index (κ2) is 6.90. The second-order valence-corrected chi connectivity index (χ2v) is 8.85. The zero-order valence-electron chi connectivity index (χ0n) is 15.6. The number of hydrogen-bond donors (Lipinski definition) is 0. The van der Waals surface area contributed by atoms with E-state index in [4.69, 9.17) is 0 Å². The van der Waals surface area contributed by atoms with Crippen molar-refractivity contribution in [1.29, 1.82) is 0 Å². The van der Waals surface area contributed by atoms with Crippen LogP contribution in [0, 0.1) is 0 Å². The van der Waals surface area contributed by atoms with E-state index in [1.54, 1.807) is 28.6 Å². The van der Waals surface area contributed by atoms with Gasteiger partial charge in [0.2, 0.25) is 0 Å². The van der Waals surface area contributed by atoms with E-state index in [2.05, 4.69) is 6.07 Å². The van der Waals surface area contributed by atoms with Crippen molar-refractivity contribution in [1.82, 2.24) is 0 Å². The molecule has 4 heteroatoms. The second-order valence-electron chi connectivity index (χ2n) is 7.03. The fraction of sp³-hybridized carbons (Fsp3) is 0.0400. The van der Waals surface area contributed by atoms with Gasteiger partial charge in [0.25, 0.3) is 10.0 Å². The van der Waals surface area contributed by atoms with Crippen molar-refractivity contribution >= 4 is 15.7 Å². The van der Waals surface area contributed by atoms with Crippen LogP contribution >= 0.6 is 0 Å². The molecular weight excluding hydrogens is 378 g/mol. The molecule has 1 aliphatic rings. The first kappa shape index (κ1) is 17.7. The molecule has 0 radical (unpaired) electrons. The standard InChI is InChI=1S/C25H19NO2S/c27-29(28,20-13-5-2-6-14-20)26-24-18-10-9-16-22(24)21-15-7-8-17-23(21)25(26)19-11-3-1-4-12-19/h1-18,25H/t25-/m0/s1. The first-order valence-electron chi connectivity index (χ1n) is 9.51. The maximum atomic E-state index is 13.9. The van der Waals surface area contributed by atoms with Crippen LogP contribution in [0.3, 0.4) is 0 Å². The molecular formula is C25H19NO2S. The van der Waals surface area contributed by atoms with Gasteiger partial charge in [0.05, 0.1) is 16.6 Å². The van der Waals surface area contributed by atoms with Gasteiger partial charge >= 0.3 is 0 Å². The third kappa shape index (κ3) is 2.84. The summed E-state index contributed by atoms with van der Waals surface area (Å²) >= 11 is 0. The summed E-state index contributed by atoms with van der Waals surface area (Å²) < 4.78 is 29.3. The van der Waals surface area contributed by atoms with Gasteiger partial charge in [0.1, 0.15) is 0 Å². The average molecular weight is 397 g/mol. The number of benzene rings is 4. The van der Waals surface area contributed by atoms with Crippen molar-refractivity contribution in [3.63, 3.8) is 0 Å². The summed E-state index contributed by atoms with van der Waals surface area (Å²) in [6.45, 7) is 0. The first-order chi connectivity index (χ1) is 14.2. The van der Waals surface area contributed by atoms with Crippen LogP contribution < -0.4 is 4.31 Å². The Hall–Kier alpha value is -3.37. The predicted molar refractivity (Wildman–Crippen MR) is 116 cm³/mol. The smallest absolute Gasteiger partial charge is 0.254 e. The SMILES string of the molecule is O=S(=O)(c1ccccc1)N1c2ccccc2-c2ccccc2[C@@H]1c1ccccc1. The topological polar surface area (TPSA) is 37.4 Å². The Morgan fingerprint density at radius 3 is 1.86 bits per heavy atom. The first-order valence-corrected chi connectivity index (χ1v) is 10.9. The Bertz CT molecular complexity index is 1270. The van der Waals surface area contributed by atoms with E-state index in [1.807, 2.05) is 78.9 Å². The third-order valence-electron chi connectivity index (χ3n) is 5.34. The zero-order valence-corrected chi connectivity index (χ0v) is 16.5. The Morgan fingerprint density at radius 1 is 0.586 bits per heavy atom. The molecule has 4 aromatic rings. The minimum absolute atomic E-state index is 0.287. The molecule has 142 valence electrons. The van der Waals surface area contributed by atoms with Crippen molar-refractivity contribution in [2.24, 2.45) is 0 Å². The van der Waals surface area contributed by atoms with Gasteiger partial charge < -0.3 is 0 Å². The maximum absolute atomic E-state index is 13.9. The quantitative estimate of drug-likeness (QED) is 0.448. The number of para-hydroxylation sites is 1. The van der Waals surface area contributed by atoms with Gasteiger partial charge in [-0.3, -0.25) is 4.31 Å². The number of sulfonamides is 1. The summed E-state index contributed by atoms with van der Waals surface area (Å²) in [5.74, 6) is 0. The molecule has 29 heavy (non-hydrogen) atoms. The van der Waals surface area contributed by atoms with Crippen LogP contribution in [0.15, 0.2) is 114 Å². The maximum Gasteiger partial charge on any atom is 0.265 e. The lowest BCUT2D eigenvalue weighted by Crippen LogP contribution is -2.38. The highest BCUT2D eigenvalue weighted by Gasteiger charge is 2.39. The fourth-order valence-electron chi connectivity index (χ4n) is 4.06. The van der Waals surface area contributed by atoms with Gasteiger partial charge in [-0.15, -0.1) is 0 Å². The molecule has 1 heterocycles. The number of nitrogens with zero attached hydrogens (tertiary/aromatic N) is 1. The van der Waals surface area contributed by atoms with Crippen LogP contribution in [0.2, 0.25) is 0 Å². The van der Waals surface area contributed by atoms with Gasteiger partial charge in [-0.1, -0.05) is 91.0 Å². The molecule has 4 aromatic carbocycles. The van der Waals surface area contributed by atoms with E-state index in [0.29, 0.717) is 5.69 Å². The monoisotopic (exact) mass is 397 g/mol. The molecule has 0 bridgehead atoms. The summed E-state index contributed by atoms with van der Waals surface area (Å²) in [4.78, 5) is 0.287. The average Bonchev–Trinajstić information content (AvgIpc) is 2.79. The molecule has 0 unspecified atom stereocenters. The molecule has 0 amide bonds. The molecule has 0 aliphatic carbocycles. The highest BCUT2D eigenvalue weighted by molar-refractivity contribution is 7.92. The Morgan fingerprint density at radius 2 is 1.14 bits per heavy atom. The van der Waals surface area contributed by atoms with Crippen LogP contribution in [-0.4, -0.2) is 8.42 Å². The largest absolute Gasteiger partial charge is 0.265 e. The minimum atomic E-state index is -3.78. The molecule has 1 aliphatic heterocycles. The highest BCUT2D eigenvalue weighted by Crippen LogP contribution is 2.49. The van der Waals surface area contributed by atoms with Gasteiger partial charge in [0.15, 0.2) is 0 Å². The van der Waals surface area contributed by atoms with Crippen molar-refractivity contribution in [3.05, 3.63) is 120 Å². The predicted octanol–water partition coefficient (Wildman–Crippen LogP) is 5.65. The van der Waals surface area contributed by atoms with E-state index in [-0.39, 0.29) is 4.90 Å². The summed E-state index contributed by atoms with van der Waals surface area (Å²) in [6.07, 6.45) is 0. The van der Waals surface area contributed by atoms with Crippen LogP contribution in [0.4, 0.5) is 5.69 Å². The molecule has 0 saturated heterocycles. The summed E-state index contributed by atoms with van der Waals surface area (Å²) in [7, 11) is -3.78. The molecule has 0 saturated carbocycles. The van der Waals surface area contributed by atoms with Crippen LogP contribution in [0.5, 0.6) is 0 Å². The third-order valence-corrected chi connectivity index (χ3v) is 7.13. The van der Waals surface area contributed by atoms with Crippen molar-refractivity contribution in [2.75, 3.05) is 4.31 Å². The minimum Gasteiger partial charge on any atom is -0.254 e. The van der Waals surface area contributed by atoms with Gasteiger partial charge in [0, 0.05) is 5.56 Å². The molecule has 5 rings (SSSR count). The Kier molecular flexibility index (Phi) is 4.22. The van der Waals surface area contributed by atoms with E-state index >= 15 is 0 Å². The Balaban J connectivity index is 1.84. The summed E-state index contributed by atoms with van der Waals surface area (Å²) in [5, 5.41) is 0. The number of rotatable bonds is 3. The van der Waals surface area contributed by atoms with E-state index in [1.165, 1.54) is 0 Å². The fourth-order valence-corrected chi connectivity index (χ4v) is 5.72. The number of anilines is 1. The van der Waals surface area contributed by atoms with Crippen LogP contribution in [0.1, 0.15) is 17.2 Å². The van der Waals surface area contributed by atoms with Crippen molar-refractivity contribution in [2.45, 2.75) is 10.9 Å². The molecule has 1 atom stereocenters. The van der Waals surface area contributed by atoms with Crippen LogP contribution in [0.25, 0.3) is 11.1 Å². The van der Waals surface area contributed by atoms with Crippen molar-refractivity contribution in [3.8, 4) is 11.1 Å². The molecule has 0 fully saturated rings. The summed E-state index contributed by atoms with van der Waals surface area (Å²) in [5.41, 5.74) is 4.61. The van der Waals surface area contributed by atoms with Crippen molar-refractivity contribution < 1.29 is 8.42 Å². The lowest BCUT2D eigenvalue weighted by atomic mass is 9.86. The lowest BCUT2D eigenvalue weighted by molar-refractivity contribution is 0.585. The van der Waals surface area contributed by atoms with Gasteiger partial charge in [-0.05, 0) is 34.9 Å². The van der Waals surface area contributed by atoms with Crippen LogP contribution in [-0.2, 0) is 10.0 Å². The number of hydrogen-bond acceptors (Lipinski definition) is 2. The molecule has 0 spiro atoms. The van der Waals surface area contributed by atoms with Gasteiger partial charge in [-0.25, -0.2) is 8.42 Å². The van der Waals surface area contributed by atoms with Gasteiger partial charge in [-0.2, -0.15) is 0 Å². The zero-order chi connectivity index (χ0) is 19.8. The molecule has 3 nitrogen and oxygen atoms in total. The highest BCUT2D eigenvalue weighted by atomic mass is 32.2. The molecule has 0 N–H and O–H groups in total. The van der Waals surface area contributed by atoms with E-state index in [0.717, 1.165) is 22.3 Å².